The Morgan fingerprint density at radius 1 is 1.31 bits per heavy atom. The Morgan fingerprint density at radius 2 is 2.06 bits per heavy atom. The first-order valence-electron chi connectivity index (χ1n) is 4.81. The van der Waals surface area contributed by atoms with Gasteiger partial charge >= 0.3 is 0 Å². The van der Waals surface area contributed by atoms with E-state index in [1.807, 2.05) is 0 Å². The molecule has 2 N–H and O–H groups in total. The Balaban J connectivity index is 2.31. The van der Waals surface area contributed by atoms with Gasteiger partial charge in [0.05, 0.1) is 11.9 Å². The van der Waals surface area contributed by atoms with Crippen LogP contribution in [0.4, 0.5) is 10.1 Å². The summed E-state index contributed by atoms with van der Waals surface area (Å²) >= 11 is 0. The third-order valence-corrected chi connectivity index (χ3v) is 2.09. The summed E-state index contributed by atoms with van der Waals surface area (Å²) in [5.41, 5.74) is 6.88. The number of ether oxygens (including phenoxy) is 1. The molecule has 0 atom stereocenters. The summed E-state index contributed by atoms with van der Waals surface area (Å²) in [6, 6.07) is 7.91. The lowest BCUT2D eigenvalue weighted by Gasteiger charge is -2.08. The van der Waals surface area contributed by atoms with Crippen LogP contribution in [0.1, 0.15) is 5.56 Å². The molecule has 82 valence electrons. The Labute approximate surface area is 92.7 Å². The number of nitrogen functional groups attached to an aromatic ring is 1. The Hall–Kier alpha value is -2.10. The normalized spacial score (nSPS) is 10.1. The van der Waals surface area contributed by atoms with Crippen LogP contribution in [-0.4, -0.2) is 4.98 Å². The smallest absolute Gasteiger partial charge is 0.222 e. The average Bonchev–Trinajstić information content (AvgIpc) is 2.25. The van der Waals surface area contributed by atoms with Gasteiger partial charge in [0.1, 0.15) is 0 Å². The van der Waals surface area contributed by atoms with Gasteiger partial charge in [-0.15, -0.1) is 0 Å². The minimum absolute atomic E-state index is 0.155. The summed E-state index contributed by atoms with van der Waals surface area (Å²) in [5.74, 6) is 0.0997. The van der Waals surface area contributed by atoms with Crippen LogP contribution in [0.15, 0.2) is 36.5 Å². The molecule has 0 aliphatic heterocycles. The molecule has 0 fully saturated rings. The van der Waals surface area contributed by atoms with Crippen LogP contribution in [0.25, 0.3) is 0 Å². The van der Waals surface area contributed by atoms with Crippen molar-refractivity contribution in [2.75, 3.05) is 5.73 Å². The molecule has 1 heterocycles. The Kier molecular flexibility index (Phi) is 2.72. The van der Waals surface area contributed by atoms with Gasteiger partial charge in [-0.3, -0.25) is 0 Å². The van der Waals surface area contributed by atoms with Gasteiger partial charge in [0.2, 0.25) is 5.88 Å². The van der Waals surface area contributed by atoms with Crippen molar-refractivity contribution >= 4 is 5.69 Å². The lowest BCUT2D eigenvalue weighted by molar-refractivity contribution is 0.424. The van der Waals surface area contributed by atoms with E-state index in [0.29, 0.717) is 11.6 Å². The van der Waals surface area contributed by atoms with Crippen molar-refractivity contribution in [1.29, 1.82) is 0 Å². The number of pyridine rings is 1. The molecular weight excluding hydrogens is 207 g/mol. The molecule has 1 aromatic carbocycles. The van der Waals surface area contributed by atoms with Gasteiger partial charge < -0.3 is 10.5 Å². The molecule has 0 aliphatic carbocycles. The van der Waals surface area contributed by atoms with Crippen LogP contribution < -0.4 is 10.5 Å². The van der Waals surface area contributed by atoms with Crippen molar-refractivity contribution in [2.45, 2.75) is 6.92 Å². The monoisotopic (exact) mass is 218 g/mol. The van der Waals surface area contributed by atoms with Crippen molar-refractivity contribution in [2.24, 2.45) is 0 Å². The van der Waals surface area contributed by atoms with Gasteiger partial charge in [-0.05, 0) is 25.1 Å². The van der Waals surface area contributed by atoms with E-state index >= 15 is 0 Å². The lowest BCUT2D eigenvalue weighted by atomic mass is 10.3. The van der Waals surface area contributed by atoms with Gasteiger partial charge in [0.25, 0.3) is 0 Å². The number of para-hydroxylation sites is 1. The lowest BCUT2D eigenvalue weighted by Crippen LogP contribution is -1.95. The Bertz CT molecular complexity index is 514. The van der Waals surface area contributed by atoms with Crippen molar-refractivity contribution in [1.82, 2.24) is 4.98 Å². The molecule has 0 spiro atoms. The molecule has 0 saturated carbocycles. The molecular formula is C12H11FN2O. The van der Waals surface area contributed by atoms with E-state index in [-0.39, 0.29) is 5.75 Å². The summed E-state index contributed by atoms with van der Waals surface area (Å²) in [6.07, 6.45) is 1.48. The van der Waals surface area contributed by atoms with Gasteiger partial charge in [-0.2, -0.15) is 0 Å². The van der Waals surface area contributed by atoms with Crippen LogP contribution in [0, 0.1) is 12.7 Å². The second-order valence-corrected chi connectivity index (χ2v) is 3.42. The molecule has 0 bridgehead atoms. The number of benzene rings is 1. The molecule has 1 aromatic heterocycles. The first-order chi connectivity index (χ1) is 7.66. The molecule has 0 radical (unpaired) electrons. The number of hydrogen-bond acceptors (Lipinski definition) is 3. The molecule has 0 saturated heterocycles. The fourth-order valence-electron chi connectivity index (χ4n) is 1.32. The number of nitrogens with two attached hydrogens (primary N) is 1. The number of nitrogens with zero attached hydrogens (tertiary/aromatic N) is 1. The molecule has 0 aliphatic rings. The van der Waals surface area contributed by atoms with E-state index in [0.717, 1.165) is 5.56 Å². The van der Waals surface area contributed by atoms with Crippen LogP contribution in [0.5, 0.6) is 11.6 Å². The zero-order chi connectivity index (χ0) is 11.5. The van der Waals surface area contributed by atoms with Crippen molar-refractivity contribution < 1.29 is 9.13 Å². The zero-order valence-corrected chi connectivity index (χ0v) is 8.77. The highest BCUT2D eigenvalue weighted by atomic mass is 19.1. The number of hydrogen-bond donors (Lipinski definition) is 1. The Morgan fingerprint density at radius 3 is 2.75 bits per heavy atom. The number of aryl methyl sites for hydroxylation is 1. The highest BCUT2D eigenvalue weighted by Crippen LogP contribution is 2.25. The fourth-order valence-corrected chi connectivity index (χ4v) is 1.32. The van der Waals surface area contributed by atoms with Gasteiger partial charge in [-0.1, -0.05) is 12.1 Å². The SMILES string of the molecule is Cc1cc(N)cnc1Oc1ccccc1F. The molecule has 2 aromatic rings. The van der Waals surface area contributed by atoms with Gasteiger partial charge in [0, 0.05) is 5.56 Å². The van der Waals surface area contributed by atoms with Crippen molar-refractivity contribution in [3.8, 4) is 11.6 Å². The van der Waals surface area contributed by atoms with Crippen molar-refractivity contribution in [3.63, 3.8) is 0 Å². The average molecular weight is 218 g/mol. The minimum Gasteiger partial charge on any atom is -0.436 e. The maximum absolute atomic E-state index is 13.3. The summed E-state index contributed by atoms with van der Waals surface area (Å²) in [4.78, 5) is 4.00. The standard InChI is InChI=1S/C12H11FN2O/c1-8-6-9(14)7-15-12(8)16-11-5-3-2-4-10(11)13/h2-7H,14H2,1H3. The van der Waals surface area contributed by atoms with Crippen molar-refractivity contribution in [3.05, 3.63) is 47.9 Å². The molecule has 16 heavy (non-hydrogen) atoms. The predicted octanol–water partition coefficient (Wildman–Crippen LogP) is 2.90. The van der Waals surface area contributed by atoms with E-state index in [2.05, 4.69) is 4.98 Å². The van der Waals surface area contributed by atoms with E-state index < -0.39 is 5.82 Å². The topological polar surface area (TPSA) is 48.1 Å². The summed E-state index contributed by atoms with van der Waals surface area (Å²) in [6.45, 7) is 1.81. The number of aromatic nitrogens is 1. The first-order valence-corrected chi connectivity index (χ1v) is 4.81. The molecule has 3 nitrogen and oxygen atoms in total. The maximum atomic E-state index is 13.3. The molecule has 2 rings (SSSR count). The second kappa shape index (κ2) is 4.18. The maximum Gasteiger partial charge on any atom is 0.222 e. The summed E-state index contributed by atoms with van der Waals surface area (Å²) in [5, 5.41) is 0. The summed E-state index contributed by atoms with van der Waals surface area (Å²) in [7, 11) is 0. The number of halogens is 1. The van der Waals surface area contributed by atoms with Crippen LogP contribution in [0.2, 0.25) is 0 Å². The van der Waals surface area contributed by atoms with Crippen LogP contribution in [-0.2, 0) is 0 Å². The largest absolute Gasteiger partial charge is 0.436 e. The van der Waals surface area contributed by atoms with Gasteiger partial charge in [0.15, 0.2) is 11.6 Å². The number of rotatable bonds is 2. The fraction of sp³-hybridized carbons (Fsp3) is 0.0833. The predicted molar refractivity (Wildman–Crippen MR) is 59.9 cm³/mol. The van der Waals surface area contributed by atoms with E-state index in [1.54, 1.807) is 31.2 Å². The van der Waals surface area contributed by atoms with Gasteiger partial charge in [-0.25, -0.2) is 9.37 Å². The zero-order valence-electron chi connectivity index (χ0n) is 8.77. The van der Waals surface area contributed by atoms with Crippen LogP contribution in [0.3, 0.4) is 0 Å². The summed E-state index contributed by atoms with van der Waals surface area (Å²) < 4.78 is 18.7. The third-order valence-electron chi connectivity index (χ3n) is 2.09. The second-order valence-electron chi connectivity index (χ2n) is 3.42. The molecule has 0 amide bonds. The highest BCUT2D eigenvalue weighted by Gasteiger charge is 2.06. The minimum atomic E-state index is -0.416. The molecule has 0 unspecified atom stereocenters. The first kappa shape index (κ1) is 10.4. The quantitative estimate of drug-likeness (QED) is 0.843. The molecule has 4 heteroatoms. The van der Waals surface area contributed by atoms with E-state index in [9.17, 15) is 4.39 Å². The number of anilines is 1. The van der Waals surface area contributed by atoms with E-state index in [4.69, 9.17) is 10.5 Å². The van der Waals surface area contributed by atoms with E-state index in [1.165, 1.54) is 12.3 Å². The third kappa shape index (κ3) is 2.11. The van der Waals surface area contributed by atoms with Crippen LogP contribution >= 0.6 is 0 Å². The highest BCUT2D eigenvalue weighted by molar-refractivity contribution is 5.43.